The molecule has 0 aliphatic carbocycles. The van der Waals surface area contributed by atoms with Gasteiger partial charge in [0.05, 0.1) is 20.3 Å². The predicted molar refractivity (Wildman–Crippen MR) is 47.6 cm³/mol. The van der Waals surface area contributed by atoms with Crippen molar-refractivity contribution in [1.82, 2.24) is 0 Å². The fraction of sp³-hybridized carbons (Fsp3) is 1.00. The Kier molecular flexibility index (Phi) is 3.50. The molecule has 1 saturated heterocycles. The zero-order valence-electron chi connectivity index (χ0n) is 8.38. The minimum absolute atomic E-state index is 0.582. The largest absolute Gasteiger partial charge is 0.370 e. The molecule has 1 aliphatic rings. The lowest BCUT2D eigenvalue weighted by Crippen LogP contribution is -2.58. The molecule has 0 aromatic carbocycles. The van der Waals surface area contributed by atoms with Crippen molar-refractivity contribution in [2.24, 2.45) is 0 Å². The number of nitrogens with zero attached hydrogens (tertiary/aromatic N) is 1. The summed E-state index contributed by atoms with van der Waals surface area (Å²) in [6.07, 6.45) is 1.16. The summed E-state index contributed by atoms with van der Waals surface area (Å²) >= 11 is 0. The predicted octanol–water partition coefficient (Wildman–Crippen LogP) is 1.19. The molecule has 3 nitrogen and oxygen atoms in total. The van der Waals surface area contributed by atoms with Gasteiger partial charge in [0.25, 0.3) is 0 Å². The molecule has 1 heterocycles. The van der Waals surface area contributed by atoms with Gasteiger partial charge < -0.3 is 4.74 Å². The highest BCUT2D eigenvalue weighted by Gasteiger charge is 2.36. The van der Waals surface area contributed by atoms with Crippen LogP contribution >= 0.6 is 0 Å². The Labute approximate surface area is 74.8 Å². The van der Waals surface area contributed by atoms with Gasteiger partial charge in [-0.05, 0) is 13.3 Å². The van der Waals surface area contributed by atoms with E-state index in [1.807, 2.05) is 0 Å². The number of morpholine rings is 1. The van der Waals surface area contributed by atoms with Gasteiger partial charge in [-0.15, -0.1) is 0 Å². The molecule has 0 amide bonds. The van der Waals surface area contributed by atoms with Crippen LogP contribution in [-0.4, -0.2) is 44.1 Å². The first-order chi connectivity index (χ1) is 5.75. The van der Waals surface area contributed by atoms with E-state index in [9.17, 15) is 0 Å². The number of quaternary nitrogens is 1. The fourth-order valence-corrected chi connectivity index (χ4v) is 1.79. The van der Waals surface area contributed by atoms with E-state index in [2.05, 4.69) is 13.8 Å². The van der Waals surface area contributed by atoms with E-state index in [0.29, 0.717) is 6.04 Å². The summed E-state index contributed by atoms with van der Waals surface area (Å²) in [5.41, 5.74) is 0. The van der Waals surface area contributed by atoms with E-state index in [1.165, 1.54) is 0 Å². The number of hydrogen-bond donors (Lipinski definition) is 0. The molecule has 72 valence electrons. The highest BCUT2D eigenvalue weighted by molar-refractivity contribution is 4.51. The van der Waals surface area contributed by atoms with Crippen LogP contribution in [0.3, 0.4) is 0 Å². The number of rotatable bonds is 3. The summed E-state index contributed by atoms with van der Waals surface area (Å²) in [5.74, 6) is 0. The van der Waals surface area contributed by atoms with Gasteiger partial charge >= 0.3 is 0 Å². The Morgan fingerprint density at radius 2 is 2.00 bits per heavy atom. The van der Waals surface area contributed by atoms with Crippen molar-refractivity contribution in [2.45, 2.75) is 26.3 Å². The Balaban J connectivity index is 2.59. The highest BCUT2D eigenvalue weighted by atomic mass is 16.7. The van der Waals surface area contributed by atoms with Crippen molar-refractivity contribution in [3.8, 4) is 0 Å². The number of hydrogen-bond acceptors (Lipinski definition) is 2. The van der Waals surface area contributed by atoms with Crippen molar-refractivity contribution in [2.75, 3.05) is 33.4 Å². The van der Waals surface area contributed by atoms with Gasteiger partial charge in [0.1, 0.15) is 19.1 Å². The van der Waals surface area contributed by atoms with Crippen molar-refractivity contribution >= 4 is 0 Å². The maximum Gasteiger partial charge on any atom is 0.133 e. The second-order valence-corrected chi connectivity index (χ2v) is 3.45. The van der Waals surface area contributed by atoms with Crippen LogP contribution in [0, 0.1) is 0 Å². The molecule has 0 spiro atoms. The van der Waals surface area contributed by atoms with Gasteiger partial charge in [0, 0.05) is 0 Å². The Morgan fingerprint density at radius 1 is 1.42 bits per heavy atom. The van der Waals surface area contributed by atoms with Crippen LogP contribution in [0.5, 0.6) is 0 Å². The molecule has 0 bridgehead atoms. The summed E-state index contributed by atoms with van der Waals surface area (Å²) in [4.78, 5) is 5.59. The van der Waals surface area contributed by atoms with E-state index in [4.69, 9.17) is 9.57 Å². The van der Waals surface area contributed by atoms with Crippen molar-refractivity contribution in [3.63, 3.8) is 0 Å². The lowest BCUT2D eigenvalue weighted by Gasteiger charge is -2.41. The molecule has 3 heteroatoms. The third kappa shape index (κ3) is 1.79. The SMILES string of the molecule is CCC(C)[N+]1(OC)CCOCC1. The quantitative estimate of drug-likeness (QED) is 0.598. The average molecular weight is 174 g/mol. The first kappa shape index (κ1) is 9.96. The van der Waals surface area contributed by atoms with E-state index in [0.717, 1.165) is 37.4 Å². The second kappa shape index (κ2) is 4.21. The van der Waals surface area contributed by atoms with Crippen molar-refractivity contribution in [3.05, 3.63) is 0 Å². The molecule has 0 N–H and O–H groups in total. The molecular formula is C9H20NO2+. The van der Waals surface area contributed by atoms with Gasteiger partial charge in [-0.1, -0.05) is 6.92 Å². The summed E-state index contributed by atoms with van der Waals surface area (Å²) in [7, 11) is 1.80. The molecule has 1 atom stereocenters. The first-order valence-electron chi connectivity index (χ1n) is 4.75. The Bertz CT molecular complexity index is 132. The third-order valence-corrected chi connectivity index (χ3v) is 2.99. The minimum atomic E-state index is 0.582. The Hall–Kier alpha value is -0.120. The number of hydroxylamine groups is 3. The van der Waals surface area contributed by atoms with Crippen molar-refractivity contribution < 1.29 is 14.2 Å². The van der Waals surface area contributed by atoms with Crippen LogP contribution in [0.15, 0.2) is 0 Å². The van der Waals surface area contributed by atoms with Crippen LogP contribution in [0.2, 0.25) is 0 Å². The van der Waals surface area contributed by atoms with Gasteiger partial charge in [0.2, 0.25) is 0 Å². The third-order valence-electron chi connectivity index (χ3n) is 2.99. The average Bonchev–Trinajstić information content (AvgIpc) is 2.17. The van der Waals surface area contributed by atoms with Crippen LogP contribution in [0.25, 0.3) is 0 Å². The summed E-state index contributed by atoms with van der Waals surface area (Å²) in [6, 6.07) is 0.582. The summed E-state index contributed by atoms with van der Waals surface area (Å²) in [5, 5.41) is 0. The minimum Gasteiger partial charge on any atom is -0.370 e. The molecular weight excluding hydrogens is 154 g/mol. The van der Waals surface area contributed by atoms with Crippen LogP contribution in [-0.2, 0) is 9.57 Å². The maximum atomic E-state index is 5.59. The van der Waals surface area contributed by atoms with Gasteiger partial charge in [-0.3, -0.25) is 0 Å². The molecule has 0 aromatic heterocycles. The zero-order valence-corrected chi connectivity index (χ0v) is 8.38. The molecule has 1 fully saturated rings. The smallest absolute Gasteiger partial charge is 0.133 e. The zero-order chi connectivity index (χ0) is 9.03. The molecule has 0 aromatic rings. The monoisotopic (exact) mass is 174 g/mol. The van der Waals surface area contributed by atoms with E-state index in [1.54, 1.807) is 7.11 Å². The van der Waals surface area contributed by atoms with Gasteiger partial charge in [-0.2, -0.15) is 4.65 Å². The molecule has 0 saturated carbocycles. The van der Waals surface area contributed by atoms with E-state index < -0.39 is 0 Å². The fourth-order valence-electron chi connectivity index (χ4n) is 1.79. The van der Waals surface area contributed by atoms with E-state index >= 15 is 0 Å². The van der Waals surface area contributed by atoms with Crippen LogP contribution in [0.4, 0.5) is 0 Å². The van der Waals surface area contributed by atoms with E-state index in [-0.39, 0.29) is 0 Å². The lowest BCUT2D eigenvalue weighted by molar-refractivity contribution is -1.12. The van der Waals surface area contributed by atoms with Crippen LogP contribution in [0.1, 0.15) is 20.3 Å². The maximum absolute atomic E-state index is 5.59. The first-order valence-corrected chi connectivity index (χ1v) is 4.75. The second-order valence-electron chi connectivity index (χ2n) is 3.45. The lowest BCUT2D eigenvalue weighted by atomic mass is 10.2. The van der Waals surface area contributed by atoms with Crippen LogP contribution < -0.4 is 0 Å². The molecule has 1 unspecified atom stereocenters. The standard InChI is InChI=1S/C9H20NO2/c1-4-9(2)10(11-3)5-7-12-8-6-10/h9H,4-8H2,1-3H3/q+1. The topological polar surface area (TPSA) is 18.5 Å². The highest BCUT2D eigenvalue weighted by Crippen LogP contribution is 2.19. The molecule has 12 heavy (non-hydrogen) atoms. The molecule has 0 radical (unpaired) electrons. The van der Waals surface area contributed by atoms with Crippen molar-refractivity contribution in [1.29, 1.82) is 0 Å². The van der Waals surface area contributed by atoms with Gasteiger partial charge in [0.15, 0.2) is 0 Å². The molecule has 1 aliphatic heterocycles. The molecule has 1 rings (SSSR count). The normalized spacial score (nSPS) is 25.2. The van der Waals surface area contributed by atoms with Gasteiger partial charge in [-0.25, -0.2) is 4.84 Å². The Morgan fingerprint density at radius 3 is 2.42 bits per heavy atom. The summed E-state index contributed by atoms with van der Waals surface area (Å²) < 4.78 is 6.10. The summed E-state index contributed by atoms with van der Waals surface area (Å²) in [6.45, 7) is 8.10. The number of ether oxygens (including phenoxy) is 1.